The topological polar surface area (TPSA) is 41.9 Å². The molecule has 1 aromatic heterocycles. The summed E-state index contributed by atoms with van der Waals surface area (Å²) in [5.74, 6) is 1.98. The molecule has 6 aromatic carbocycles. The molecule has 7 aromatic rings. The SMILES string of the molecule is CC1(C)c2ccccc2-c2ccc(-c3nc(-c4ccccc4)nc(-c4ccc(N5c6ccccc6Sc6ccccc65)cc4)n3)cc21. The van der Waals surface area contributed by atoms with Crippen molar-refractivity contribution in [1.82, 2.24) is 15.0 Å². The van der Waals surface area contributed by atoms with Crippen LogP contribution >= 0.6 is 11.8 Å². The molecule has 9 rings (SSSR count). The second-order valence-corrected chi connectivity index (χ2v) is 13.6. The number of para-hydroxylation sites is 2. The Morgan fingerprint density at radius 3 is 1.66 bits per heavy atom. The third-order valence-electron chi connectivity index (χ3n) is 9.33. The summed E-state index contributed by atoms with van der Waals surface area (Å²) in [5.41, 5.74) is 11.5. The third-order valence-corrected chi connectivity index (χ3v) is 10.5. The highest BCUT2D eigenvalue weighted by Gasteiger charge is 2.35. The number of anilines is 3. The number of rotatable bonds is 4. The van der Waals surface area contributed by atoms with E-state index in [1.165, 1.54) is 43.4 Å². The summed E-state index contributed by atoms with van der Waals surface area (Å²) in [5, 5.41) is 0. The Morgan fingerprint density at radius 1 is 0.468 bits per heavy atom. The van der Waals surface area contributed by atoms with Gasteiger partial charge in [0.05, 0.1) is 11.4 Å². The van der Waals surface area contributed by atoms with E-state index in [4.69, 9.17) is 15.0 Å². The standard InChI is InChI=1S/C42H30N4S/c1-42(2)33-15-7-6-14-31(33)32-25-22-29(26-34(32)42)41-44-39(27-12-4-3-5-13-27)43-40(45-41)28-20-23-30(24-21-28)46-35-16-8-10-18-37(35)47-38-19-11-9-17-36(38)46/h3-26H,1-2H3. The first-order valence-electron chi connectivity index (χ1n) is 15.9. The van der Waals surface area contributed by atoms with E-state index in [1.807, 2.05) is 30.0 Å². The van der Waals surface area contributed by atoms with Crippen molar-refractivity contribution < 1.29 is 0 Å². The van der Waals surface area contributed by atoms with Crippen LogP contribution in [0.1, 0.15) is 25.0 Å². The smallest absolute Gasteiger partial charge is 0.164 e. The van der Waals surface area contributed by atoms with E-state index >= 15 is 0 Å². The lowest BCUT2D eigenvalue weighted by atomic mass is 9.82. The predicted molar refractivity (Wildman–Crippen MR) is 193 cm³/mol. The molecular formula is C42H30N4S. The van der Waals surface area contributed by atoms with Crippen LogP contribution in [0, 0.1) is 0 Å². The third kappa shape index (κ3) is 4.57. The van der Waals surface area contributed by atoms with Crippen molar-refractivity contribution in [1.29, 1.82) is 0 Å². The molecule has 0 amide bonds. The van der Waals surface area contributed by atoms with Gasteiger partial charge in [-0.3, -0.25) is 0 Å². The number of aromatic nitrogens is 3. The molecule has 5 heteroatoms. The van der Waals surface area contributed by atoms with Crippen LogP contribution in [0.5, 0.6) is 0 Å². The minimum atomic E-state index is -0.111. The van der Waals surface area contributed by atoms with E-state index in [9.17, 15) is 0 Å². The first-order valence-corrected chi connectivity index (χ1v) is 16.7. The van der Waals surface area contributed by atoms with E-state index in [0.717, 1.165) is 22.4 Å². The van der Waals surface area contributed by atoms with E-state index < -0.39 is 0 Å². The first-order chi connectivity index (χ1) is 23.0. The Hall–Kier alpha value is -5.52. The minimum absolute atomic E-state index is 0.111. The Morgan fingerprint density at radius 2 is 0.979 bits per heavy atom. The summed E-state index contributed by atoms with van der Waals surface area (Å²) in [4.78, 5) is 20.0. The fourth-order valence-electron chi connectivity index (χ4n) is 6.94. The lowest BCUT2D eigenvalue weighted by Crippen LogP contribution is -2.15. The molecule has 0 fully saturated rings. The normalized spacial score (nSPS) is 13.8. The van der Waals surface area contributed by atoms with Gasteiger partial charge in [-0.05, 0) is 76.9 Å². The number of benzene rings is 6. The van der Waals surface area contributed by atoms with Crippen LogP contribution in [-0.2, 0) is 5.41 Å². The number of fused-ring (bicyclic) bond motifs is 5. The molecule has 0 saturated carbocycles. The second kappa shape index (κ2) is 10.8. The fraction of sp³-hybridized carbons (Fsp3) is 0.0714. The van der Waals surface area contributed by atoms with E-state index in [1.54, 1.807) is 0 Å². The summed E-state index contributed by atoms with van der Waals surface area (Å²) in [6.45, 7) is 4.60. The molecule has 0 bridgehead atoms. The largest absolute Gasteiger partial charge is 0.308 e. The summed E-state index contributed by atoms with van der Waals surface area (Å²) >= 11 is 1.81. The average molecular weight is 623 g/mol. The Labute approximate surface area is 278 Å². The maximum Gasteiger partial charge on any atom is 0.164 e. The quantitative estimate of drug-likeness (QED) is 0.195. The van der Waals surface area contributed by atoms with Gasteiger partial charge in [0.2, 0.25) is 0 Å². The molecule has 1 aliphatic heterocycles. The van der Waals surface area contributed by atoms with Crippen LogP contribution in [0.4, 0.5) is 17.1 Å². The van der Waals surface area contributed by atoms with Gasteiger partial charge in [0.25, 0.3) is 0 Å². The van der Waals surface area contributed by atoms with Crippen LogP contribution < -0.4 is 4.90 Å². The van der Waals surface area contributed by atoms with Gasteiger partial charge in [-0.25, -0.2) is 15.0 Å². The van der Waals surface area contributed by atoms with E-state index in [0.29, 0.717) is 17.5 Å². The van der Waals surface area contributed by atoms with Crippen molar-refractivity contribution in [3.63, 3.8) is 0 Å². The number of hydrogen-bond acceptors (Lipinski definition) is 5. The van der Waals surface area contributed by atoms with Crippen LogP contribution in [0.25, 0.3) is 45.3 Å². The molecule has 0 atom stereocenters. The molecule has 0 unspecified atom stereocenters. The monoisotopic (exact) mass is 622 g/mol. The Balaban J connectivity index is 1.15. The van der Waals surface area contributed by atoms with Gasteiger partial charge >= 0.3 is 0 Å². The maximum atomic E-state index is 5.10. The molecule has 2 aliphatic rings. The fourth-order valence-corrected chi connectivity index (χ4v) is 7.99. The van der Waals surface area contributed by atoms with Gasteiger partial charge in [-0.2, -0.15) is 0 Å². The van der Waals surface area contributed by atoms with E-state index in [2.05, 4.69) is 146 Å². The van der Waals surface area contributed by atoms with Crippen molar-refractivity contribution in [2.24, 2.45) is 0 Å². The van der Waals surface area contributed by atoms with E-state index in [-0.39, 0.29) is 5.41 Å². The molecule has 0 saturated heterocycles. The molecule has 0 N–H and O–H groups in total. The summed E-state index contributed by atoms with van der Waals surface area (Å²) in [6, 6.07) is 51.3. The lowest BCUT2D eigenvalue weighted by Gasteiger charge is -2.32. The molecule has 0 spiro atoms. The van der Waals surface area contributed by atoms with Gasteiger partial charge in [0, 0.05) is 37.6 Å². The predicted octanol–water partition coefficient (Wildman–Crippen LogP) is 11.1. The average Bonchev–Trinajstić information content (AvgIpc) is 3.36. The minimum Gasteiger partial charge on any atom is -0.308 e. The molecule has 4 nitrogen and oxygen atoms in total. The zero-order chi connectivity index (χ0) is 31.5. The molecular weight excluding hydrogens is 593 g/mol. The van der Waals surface area contributed by atoms with Crippen molar-refractivity contribution in [2.45, 2.75) is 29.1 Å². The number of hydrogen-bond donors (Lipinski definition) is 0. The second-order valence-electron chi connectivity index (χ2n) is 12.5. The highest BCUT2D eigenvalue weighted by Crippen LogP contribution is 2.52. The molecule has 1 aliphatic carbocycles. The summed E-state index contributed by atoms with van der Waals surface area (Å²) < 4.78 is 0. The zero-order valence-corrected chi connectivity index (χ0v) is 26.9. The van der Waals surface area contributed by atoms with Crippen molar-refractivity contribution >= 4 is 28.8 Å². The van der Waals surface area contributed by atoms with Crippen LogP contribution in [0.15, 0.2) is 155 Å². The number of nitrogens with zero attached hydrogens (tertiary/aromatic N) is 4. The van der Waals surface area contributed by atoms with Gasteiger partial charge in [0.15, 0.2) is 17.5 Å². The van der Waals surface area contributed by atoms with Crippen LogP contribution in [-0.4, -0.2) is 15.0 Å². The molecule has 47 heavy (non-hydrogen) atoms. The summed E-state index contributed by atoms with van der Waals surface area (Å²) in [7, 11) is 0. The maximum absolute atomic E-state index is 5.10. The zero-order valence-electron chi connectivity index (χ0n) is 26.1. The van der Waals surface area contributed by atoms with Gasteiger partial charge in [0.1, 0.15) is 0 Å². The Kier molecular flexibility index (Phi) is 6.37. The van der Waals surface area contributed by atoms with Crippen molar-refractivity contribution in [2.75, 3.05) is 4.90 Å². The molecule has 0 radical (unpaired) electrons. The van der Waals surface area contributed by atoms with Crippen molar-refractivity contribution in [3.8, 4) is 45.3 Å². The lowest BCUT2D eigenvalue weighted by molar-refractivity contribution is 0.660. The molecule has 224 valence electrons. The first kappa shape index (κ1) is 27.8. The molecule has 2 heterocycles. The highest BCUT2D eigenvalue weighted by molar-refractivity contribution is 7.99. The van der Waals surface area contributed by atoms with Crippen LogP contribution in [0.3, 0.4) is 0 Å². The van der Waals surface area contributed by atoms with Crippen LogP contribution in [0.2, 0.25) is 0 Å². The van der Waals surface area contributed by atoms with Gasteiger partial charge in [-0.15, -0.1) is 0 Å². The van der Waals surface area contributed by atoms with Gasteiger partial charge < -0.3 is 4.90 Å². The Bertz CT molecular complexity index is 2270. The summed E-state index contributed by atoms with van der Waals surface area (Å²) in [6.07, 6.45) is 0. The highest BCUT2D eigenvalue weighted by atomic mass is 32.2. The van der Waals surface area contributed by atoms with Gasteiger partial charge in [-0.1, -0.05) is 117 Å². The van der Waals surface area contributed by atoms with Crippen molar-refractivity contribution in [3.05, 3.63) is 157 Å².